The van der Waals surface area contributed by atoms with E-state index in [0.717, 1.165) is 28.6 Å². The van der Waals surface area contributed by atoms with Crippen LogP contribution in [0, 0.1) is 5.82 Å². The van der Waals surface area contributed by atoms with Crippen LogP contribution in [-0.4, -0.2) is 61.9 Å². The van der Waals surface area contributed by atoms with Gasteiger partial charge in [0.25, 0.3) is 5.56 Å². The van der Waals surface area contributed by atoms with Crippen molar-refractivity contribution in [1.82, 2.24) is 19.4 Å². The smallest absolute Gasteiger partial charge is 0.251 e. The molecule has 0 bridgehead atoms. The summed E-state index contributed by atoms with van der Waals surface area (Å²) in [4.78, 5) is 28.7. The lowest BCUT2D eigenvalue weighted by Crippen LogP contribution is -2.45. The summed E-state index contributed by atoms with van der Waals surface area (Å²) in [6.45, 7) is 2.55. The molecule has 10 heteroatoms. The molecule has 0 radical (unpaired) electrons. The van der Waals surface area contributed by atoms with Crippen molar-refractivity contribution in [3.63, 3.8) is 0 Å². The monoisotopic (exact) mass is 467 g/mol. The first-order valence-corrected chi connectivity index (χ1v) is 11.9. The summed E-state index contributed by atoms with van der Waals surface area (Å²) in [5, 5.41) is 10.7. The number of hydrogen-bond acceptors (Lipinski definition) is 8. The zero-order chi connectivity index (χ0) is 22.5. The van der Waals surface area contributed by atoms with Gasteiger partial charge in [0, 0.05) is 55.9 Å². The first-order valence-electron chi connectivity index (χ1n) is 10.9. The predicted molar refractivity (Wildman–Crippen MR) is 122 cm³/mol. The molecule has 3 aliphatic heterocycles. The number of β-amino-alcohol motifs (C(OH)–C–C–N with tert-alkyl or cyclic N) is 1. The van der Waals surface area contributed by atoms with Crippen molar-refractivity contribution in [2.45, 2.75) is 36.4 Å². The van der Waals surface area contributed by atoms with Crippen LogP contribution in [0.4, 0.5) is 4.39 Å². The van der Waals surface area contributed by atoms with Gasteiger partial charge >= 0.3 is 0 Å². The van der Waals surface area contributed by atoms with E-state index in [1.54, 1.807) is 28.6 Å². The largest absolute Gasteiger partial charge is 0.480 e. The summed E-state index contributed by atoms with van der Waals surface area (Å²) < 4.78 is 21.8. The fourth-order valence-corrected chi connectivity index (χ4v) is 5.73. The maximum Gasteiger partial charge on any atom is 0.251 e. The molecule has 33 heavy (non-hydrogen) atoms. The maximum atomic E-state index is 14.7. The van der Waals surface area contributed by atoms with E-state index in [4.69, 9.17) is 4.74 Å². The molecule has 1 saturated heterocycles. The number of pyridine rings is 3. The number of ether oxygens (including phenoxy) is 1. The van der Waals surface area contributed by atoms with Gasteiger partial charge < -0.3 is 14.4 Å². The Morgan fingerprint density at radius 3 is 3.06 bits per heavy atom. The molecular weight excluding hydrogens is 445 g/mol. The highest BCUT2D eigenvalue weighted by molar-refractivity contribution is 7.99. The van der Waals surface area contributed by atoms with Gasteiger partial charge in [0.2, 0.25) is 0 Å². The molecule has 2 atom stereocenters. The molecule has 6 heterocycles. The van der Waals surface area contributed by atoms with Gasteiger partial charge in [-0.15, -0.1) is 0 Å². The number of aliphatic hydroxyl groups excluding tert-OH is 1. The molecule has 3 aromatic rings. The first-order chi connectivity index (χ1) is 16.1. The fourth-order valence-electron chi connectivity index (χ4n) is 4.95. The number of aliphatic hydroxyl groups is 1. The van der Waals surface area contributed by atoms with Crippen LogP contribution < -0.4 is 10.3 Å². The highest BCUT2D eigenvalue weighted by Gasteiger charge is 2.32. The topological polar surface area (TPSA) is 92.8 Å². The Morgan fingerprint density at radius 2 is 2.18 bits per heavy atom. The van der Waals surface area contributed by atoms with Crippen molar-refractivity contribution in [2.24, 2.45) is 4.99 Å². The second-order valence-corrected chi connectivity index (χ2v) is 9.56. The molecule has 1 unspecified atom stereocenters. The quantitative estimate of drug-likeness (QED) is 0.629. The Morgan fingerprint density at radius 1 is 1.27 bits per heavy atom. The number of hydrogen-bond donors (Lipinski definition) is 1. The number of aliphatic imine (C=N–C) groups is 1. The molecule has 8 nitrogen and oxygen atoms in total. The van der Waals surface area contributed by atoms with Crippen molar-refractivity contribution in [3.8, 4) is 5.75 Å². The van der Waals surface area contributed by atoms with Crippen LogP contribution in [0.25, 0.3) is 11.0 Å². The van der Waals surface area contributed by atoms with Crippen LogP contribution in [0.5, 0.6) is 5.75 Å². The molecule has 0 spiro atoms. The van der Waals surface area contributed by atoms with Crippen LogP contribution in [0.3, 0.4) is 0 Å². The molecule has 3 aromatic heterocycles. The Bertz CT molecular complexity index is 1340. The Kier molecular flexibility index (Phi) is 5.16. The highest BCUT2D eigenvalue weighted by atomic mass is 32.2. The van der Waals surface area contributed by atoms with Crippen molar-refractivity contribution < 1.29 is 14.2 Å². The van der Waals surface area contributed by atoms with E-state index in [1.807, 2.05) is 6.07 Å². The standard InChI is InChI=1S/C23H22FN5O3S/c24-15-7-27-17-1-2-21(31)29-10-13(22(15)23(17)29)9-28-4-3-16(18(30)11-28)26-6-14-5-20-19(8-25-14)32-12-33-20/h1-2,5,7-8,13,18,30H,3-4,6,9-12H2/t13?,18-/m0/s1. The van der Waals surface area contributed by atoms with Crippen molar-refractivity contribution in [2.75, 3.05) is 25.6 Å². The van der Waals surface area contributed by atoms with E-state index >= 15 is 0 Å². The number of likely N-dealkylation sites (tertiary alicyclic amines) is 1. The Hall–Kier alpha value is -2.82. The van der Waals surface area contributed by atoms with Crippen molar-refractivity contribution in [1.29, 1.82) is 0 Å². The van der Waals surface area contributed by atoms with E-state index in [0.29, 0.717) is 55.1 Å². The molecule has 1 N–H and O–H groups in total. The van der Waals surface area contributed by atoms with Gasteiger partial charge in [0.1, 0.15) is 17.9 Å². The normalized spacial score (nSPS) is 23.3. The summed E-state index contributed by atoms with van der Waals surface area (Å²) in [6.07, 6.45) is 2.92. The lowest BCUT2D eigenvalue weighted by molar-refractivity contribution is 0.135. The zero-order valence-electron chi connectivity index (χ0n) is 17.8. The number of rotatable bonds is 4. The van der Waals surface area contributed by atoms with Crippen LogP contribution in [0.1, 0.15) is 23.6 Å². The third kappa shape index (κ3) is 3.71. The number of fused-ring (bicyclic) bond motifs is 1. The highest BCUT2D eigenvalue weighted by Crippen LogP contribution is 2.36. The van der Waals surface area contributed by atoms with Crippen LogP contribution in [0.2, 0.25) is 0 Å². The van der Waals surface area contributed by atoms with Gasteiger partial charge in [-0.1, -0.05) is 11.8 Å². The number of nitrogens with zero attached hydrogens (tertiary/aromatic N) is 5. The maximum absolute atomic E-state index is 14.7. The number of aromatic nitrogens is 3. The summed E-state index contributed by atoms with van der Waals surface area (Å²) in [6, 6.07) is 5.12. The first kappa shape index (κ1) is 20.8. The SMILES string of the molecule is O=c1ccc2ncc(F)c3c2n1CC3CN1CCC(=NCc2cc3c(cn2)OCS3)[C@@H](O)C1. The fraction of sp³-hybridized carbons (Fsp3) is 0.391. The minimum atomic E-state index is -0.681. The molecule has 1 fully saturated rings. The summed E-state index contributed by atoms with van der Waals surface area (Å²) in [5.74, 6) is 0.879. The average molecular weight is 468 g/mol. The predicted octanol–water partition coefficient (Wildman–Crippen LogP) is 2.18. The molecule has 0 aliphatic carbocycles. The third-order valence-corrected chi connectivity index (χ3v) is 7.41. The van der Waals surface area contributed by atoms with E-state index in [9.17, 15) is 14.3 Å². The lowest BCUT2D eigenvalue weighted by Gasteiger charge is -2.33. The third-order valence-electron chi connectivity index (χ3n) is 6.54. The van der Waals surface area contributed by atoms with Crippen molar-refractivity contribution in [3.05, 3.63) is 58.0 Å². The van der Waals surface area contributed by atoms with E-state index < -0.39 is 6.10 Å². The molecule has 0 aromatic carbocycles. The van der Waals surface area contributed by atoms with Gasteiger partial charge in [-0.25, -0.2) is 4.39 Å². The zero-order valence-corrected chi connectivity index (χ0v) is 18.6. The van der Waals surface area contributed by atoms with Crippen LogP contribution in [-0.2, 0) is 13.1 Å². The summed E-state index contributed by atoms with van der Waals surface area (Å²) in [5.41, 5.74) is 3.25. The average Bonchev–Trinajstić information content (AvgIpc) is 3.43. The second kappa shape index (κ2) is 8.19. The van der Waals surface area contributed by atoms with Crippen LogP contribution >= 0.6 is 11.8 Å². The van der Waals surface area contributed by atoms with Crippen molar-refractivity contribution >= 4 is 28.5 Å². The Balaban J connectivity index is 1.14. The number of piperidine rings is 1. The van der Waals surface area contributed by atoms with Gasteiger partial charge in [-0.3, -0.25) is 24.7 Å². The lowest BCUT2D eigenvalue weighted by atomic mass is 9.98. The minimum absolute atomic E-state index is 0.142. The number of thioether (sulfide) groups is 1. The number of halogens is 1. The second-order valence-electron chi connectivity index (χ2n) is 8.59. The minimum Gasteiger partial charge on any atom is -0.480 e. The van der Waals surface area contributed by atoms with E-state index in [-0.39, 0.29) is 17.3 Å². The van der Waals surface area contributed by atoms with Gasteiger partial charge in [-0.05, 0) is 12.1 Å². The molecule has 0 saturated carbocycles. The molecule has 0 amide bonds. The van der Waals surface area contributed by atoms with E-state index in [2.05, 4.69) is 19.9 Å². The molecule has 6 rings (SSSR count). The Labute approximate surface area is 193 Å². The molecule has 3 aliphatic rings. The van der Waals surface area contributed by atoms with Gasteiger partial charge in [-0.2, -0.15) is 0 Å². The molecular formula is C23H22FN5O3S. The molecule has 170 valence electrons. The van der Waals surface area contributed by atoms with Gasteiger partial charge in [0.15, 0.2) is 5.75 Å². The van der Waals surface area contributed by atoms with Gasteiger partial charge in [0.05, 0.1) is 40.6 Å². The summed E-state index contributed by atoms with van der Waals surface area (Å²) in [7, 11) is 0. The van der Waals surface area contributed by atoms with Crippen LogP contribution in [0.15, 0.2) is 45.3 Å². The van der Waals surface area contributed by atoms with E-state index in [1.165, 1.54) is 12.3 Å². The summed E-state index contributed by atoms with van der Waals surface area (Å²) >= 11 is 1.64.